The molecular weight excluding hydrogens is 273 g/mol. The van der Waals surface area contributed by atoms with E-state index >= 15 is 0 Å². The Hall–Kier alpha value is -2.37. The summed E-state index contributed by atoms with van der Waals surface area (Å²) in [7, 11) is 1.75. The SMILES string of the molecule is CCOC(=O)c1cnn(C)c1CNc1cccc(F)c1C. The van der Waals surface area contributed by atoms with Gasteiger partial charge >= 0.3 is 5.97 Å². The van der Waals surface area contributed by atoms with Crippen molar-refractivity contribution < 1.29 is 13.9 Å². The molecule has 0 spiro atoms. The number of hydrogen-bond acceptors (Lipinski definition) is 4. The largest absolute Gasteiger partial charge is 0.462 e. The topological polar surface area (TPSA) is 56.1 Å². The van der Waals surface area contributed by atoms with Crippen molar-refractivity contribution in [2.75, 3.05) is 11.9 Å². The summed E-state index contributed by atoms with van der Waals surface area (Å²) in [6.07, 6.45) is 1.48. The smallest absolute Gasteiger partial charge is 0.341 e. The normalized spacial score (nSPS) is 10.5. The maximum absolute atomic E-state index is 13.5. The number of rotatable bonds is 5. The van der Waals surface area contributed by atoms with Crippen molar-refractivity contribution in [1.29, 1.82) is 0 Å². The van der Waals surface area contributed by atoms with E-state index in [9.17, 15) is 9.18 Å². The van der Waals surface area contributed by atoms with E-state index in [0.717, 1.165) is 0 Å². The number of nitrogens with one attached hydrogen (secondary N) is 1. The van der Waals surface area contributed by atoms with E-state index in [1.165, 1.54) is 12.3 Å². The summed E-state index contributed by atoms with van der Waals surface area (Å²) in [5.41, 5.74) is 2.33. The van der Waals surface area contributed by atoms with E-state index in [2.05, 4.69) is 10.4 Å². The Bertz CT molecular complexity index is 652. The number of anilines is 1. The van der Waals surface area contributed by atoms with Crippen LogP contribution < -0.4 is 5.32 Å². The molecule has 1 aromatic heterocycles. The summed E-state index contributed by atoms with van der Waals surface area (Å²) in [5, 5.41) is 7.20. The van der Waals surface area contributed by atoms with Gasteiger partial charge in [-0.15, -0.1) is 0 Å². The van der Waals surface area contributed by atoms with Crippen molar-refractivity contribution in [3.05, 3.63) is 47.0 Å². The van der Waals surface area contributed by atoms with E-state index in [1.54, 1.807) is 37.7 Å². The van der Waals surface area contributed by atoms with Gasteiger partial charge in [0.2, 0.25) is 0 Å². The first kappa shape index (κ1) is 15.0. The molecule has 5 nitrogen and oxygen atoms in total. The van der Waals surface area contributed by atoms with Gasteiger partial charge in [-0.25, -0.2) is 9.18 Å². The lowest BCUT2D eigenvalue weighted by atomic mass is 10.2. The highest BCUT2D eigenvalue weighted by Gasteiger charge is 2.17. The molecule has 0 aliphatic carbocycles. The molecule has 0 saturated heterocycles. The van der Waals surface area contributed by atoms with Gasteiger partial charge in [-0.2, -0.15) is 5.10 Å². The minimum Gasteiger partial charge on any atom is -0.462 e. The fourth-order valence-electron chi connectivity index (χ4n) is 2.03. The van der Waals surface area contributed by atoms with Gasteiger partial charge in [0.1, 0.15) is 11.4 Å². The molecule has 2 aromatic rings. The molecule has 1 N–H and O–H groups in total. The first-order valence-corrected chi connectivity index (χ1v) is 6.71. The zero-order valence-corrected chi connectivity index (χ0v) is 12.3. The molecule has 0 atom stereocenters. The average Bonchev–Trinajstić information content (AvgIpc) is 2.82. The molecule has 112 valence electrons. The highest BCUT2D eigenvalue weighted by Crippen LogP contribution is 2.19. The molecule has 0 fully saturated rings. The third-order valence-corrected chi connectivity index (χ3v) is 3.27. The zero-order valence-electron chi connectivity index (χ0n) is 12.3. The lowest BCUT2D eigenvalue weighted by Gasteiger charge is -2.11. The van der Waals surface area contributed by atoms with Crippen molar-refractivity contribution >= 4 is 11.7 Å². The zero-order chi connectivity index (χ0) is 15.4. The van der Waals surface area contributed by atoms with Crippen LogP contribution in [0.5, 0.6) is 0 Å². The Kier molecular flexibility index (Phi) is 4.57. The van der Waals surface area contributed by atoms with Gasteiger partial charge in [0.15, 0.2) is 0 Å². The van der Waals surface area contributed by atoms with Crippen LogP contribution in [-0.4, -0.2) is 22.4 Å². The third-order valence-electron chi connectivity index (χ3n) is 3.27. The van der Waals surface area contributed by atoms with Gasteiger partial charge in [-0.1, -0.05) is 6.07 Å². The van der Waals surface area contributed by atoms with E-state index in [1.807, 2.05) is 0 Å². The number of ether oxygens (including phenoxy) is 1. The first-order chi connectivity index (χ1) is 10.0. The molecule has 2 rings (SSSR count). The number of carbonyl (C=O) groups is 1. The van der Waals surface area contributed by atoms with Crippen LogP contribution in [0.25, 0.3) is 0 Å². The van der Waals surface area contributed by atoms with Crippen LogP contribution in [0.2, 0.25) is 0 Å². The number of nitrogens with zero attached hydrogens (tertiary/aromatic N) is 2. The second kappa shape index (κ2) is 6.39. The van der Waals surface area contributed by atoms with Crippen LogP contribution in [-0.2, 0) is 18.3 Å². The second-order valence-corrected chi connectivity index (χ2v) is 4.61. The number of aromatic nitrogens is 2. The maximum atomic E-state index is 13.5. The van der Waals surface area contributed by atoms with Gasteiger partial charge in [0.25, 0.3) is 0 Å². The molecule has 1 aromatic carbocycles. The van der Waals surface area contributed by atoms with E-state index in [0.29, 0.717) is 35.7 Å². The van der Waals surface area contributed by atoms with E-state index in [-0.39, 0.29) is 5.82 Å². The van der Waals surface area contributed by atoms with Crippen LogP contribution >= 0.6 is 0 Å². The number of benzene rings is 1. The molecule has 21 heavy (non-hydrogen) atoms. The van der Waals surface area contributed by atoms with Crippen LogP contribution in [0.3, 0.4) is 0 Å². The Balaban J connectivity index is 2.18. The van der Waals surface area contributed by atoms with Crippen molar-refractivity contribution in [3.8, 4) is 0 Å². The summed E-state index contributed by atoms with van der Waals surface area (Å²) in [5.74, 6) is -0.672. The molecule has 1 heterocycles. The average molecular weight is 291 g/mol. The molecule has 0 bridgehead atoms. The third kappa shape index (κ3) is 3.21. The summed E-state index contributed by atoms with van der Waals surface area (Å²) in [6.45, 7) is 4.12. The van der Waals surface area contributed by atoms with E-state index < -0.39 is 5.97 Å². The minimum absolute atomic E-state index is 0.268. The Morgan fingerprint density at radius 2 is 2.24 bits per heavy atom. The molecule has 0 radical (unpaired) electrons. The quantitative estimate of drug-likeness (QED) is 0.860. The van der Waals surface area contributed by atoms with Crippen LogP contribution in [0.15, 0.2) is 24.4 Å². The summed E-state index contributed by atoms with van der Waals surface area (Å²) >= 11 is 0. The van der Waals surface area contributed by atoms with Crippen LogP contribution in [0.1, 0.15) is 28.5 Å². The predicted molar refractivity (Wildman–Crippen MR) is 77.6 cm³/mol. The van der Waals surface area contributed by atoms with Gasteiger partial charge < -0.3 is 10.1 Å². The van der Waals surface area contributed by atoms with Crippen molar-refractivity contribution in [2.24, 2.45) is 7.05 Å². The summed E-state index contributed by atoms with van der Waals surface area (Å²) in [6, 6.07) is 4.84. The number of halogens is 1. The van der Waals surface area contributed by atoms with Crippen molar-refractivity contribution in [1.82, 2.24) is 9.78 Å². The Morgan fingerprint density at radius 3 is 2.95 bits per heavy atom. The van der Waals surface area contributed by atoms with Gasteiger partial charge in [0, 0.05) is 18.3 Å². The molecule has 0 amide bonds. The molecule has 0 unspecified atom stereocenters. The fraction of sp³-hybridized carbons (Fsp3) is 0.333. The molecule has 0 aliphatic heterocycles. The second-order valence-electron chi connectivity index (χ2n) is 4.61. The maximum Gasteiger partial charge on any atom is 0.341 e. The molecular formula is C15H18FN3O2. The Morgan fingerprint density at radius 1 is 1.48 bits per heavy atom. The molecule has 0 aliphatic rings. The van der Waals surface area contributed by atoms with Gasteiger partial charge in [0.05, 0.1) is 25.0 Å². The minimum atomic E-state index is -0.404. The lowest BCUT2D eigenvalue weighted by Crippen LogP contribution is -2.13. The summed E-state index contributed by atoms with van der Waals surface area (Å²) in [4.78, 5) is 11.8. The van der Waals surface area contributed by atoms with Gasteiger partial charge in [-0.05, 0) is 26.0 Å². The van der Waals surface area contributed by atoms with Crippen LogP contribution in [0.4, 0.5) is 10.1 Å². The predicted octanol–water partition coefficient (Wildman–Crippen LogP) is 2.66. The highest BCUT2D eigenvalue weighted by molar-refractivity contribution is 5.90. The number of esters is 1. The number of hydrogen-bond donors (Lipinski definition) is 1. The lowest BCUT2D eigenvalue weighted by molar-refractivity contribution is 0.0525. The van der Waals surface area contributed by atoms with Crippen LogP contribution in [0, 0.1) is 12.7 Å². The monoisotopic (exact) mass is 291 g/mol. The molecule has 6 heteroatoms. The summed E-state index contributed by atoms with van der Waals surface area (Å²) < 4.78 is 20.1. The molecule has 0 saturated carbocycles. The number of carbonyl (C=O) groups excluding carboxylic acids is 1. The Labute approximate surface area is 122 Å². The first-order valence-electron chi connectivity index (χ1n) is 6.71. The van der Waals surface area contributed by atoms with Gasteiger partial charge in [-0.3, -0.25) is 4.68 Å². The standard InChI is InChI=1S/C15H18FN3O2/c1-4-21-15(20)11-8-18-19(3)14(11)9-17-13-7-5-6-12(16)10(13)2/h5-8,17H,4,9H2,1-3H3. The number of aryl methyl sites for hydroxylation is 1. The van der Waals surface area contributed by atoms with E-state index in [4.69, 9.17) is 4.74 Å². The highest BCUT2D eigenvalue weighted by atomic mass is 19.1. The van der Waals surface area contributed by atoms with Crippen molar-refractivity contribution in [2.45, 2.75) is 20.4 Å². The fourth-order valence-corrected chi connectivity index (χ4v) is 2.03. The van der Waals surface area contributed by atoms with Crippen molar-refractivity contribution in [3.63, 3.8) is 0 Å².